The molecule has 6 nitrogen and oxygen atoms in total. The van der Waals surface area contributed by atoms with E-state index in [0.29, 0.717) is 29.5 Å². The van der Waals surface area contributed by atoms with E-state index in [1.54, 1.807) is 51.9 Å². The van der Waals surface area contributed by atoms with Crippen molar-refractivity contribution >= 4 is 5.91 Å². The molecule has 45 heavy (non-hydrogen) atoms. The van der Waals surface area contributed by atoms with E-state index in [1.807, 2.05) is 6.92 Å². The molecule has 0 spiro atoms. The minimum atomic E-state index is -4.79. The number of imidazole rings is 1. The van der Waals surface area contributed by atoms with Gasteiger partial charge in [0.05, 0.1) is 5.69 Å². The van der Waals surface area contributed by atoms with E-state index in [-0.39, 0.29) is 43.3 Å². The second-order valence-electron chi connectivity index (χ2n) is 10.4. The van der Waals surface area contributed by atoms with Crippen LogP contribution in [0.5, 0.6) is 5.75 Å². The second kappa shape index (κ2) is 14.1. The van der Waals surface area contributed by atoms with Gasteiger partial charge in [0, 0.05) is 37.3 Å². The predicted octanol–water partition coefficient (Wildman–Crippen LogP) is 7.91. The van der Waals surface area contributed by atoms with Crippen LogP contribution in [0.1, 0.15) is 52.6 Å². The van der Waals surface area contributed by atoms with Crippen LogP contribution in [-0.4, -0.2) is 32.9 Å². The van der Waals surface area contributed by atoms with Crippen LogP contribution in [0.15, 0.2) is 78.9 Å². The summed E-state index contributed by atoms with van der Waals surface area (Å²) in [6.07, 6.45) is -12.3. The average molecular weight is 637 g/mol. The van der Waals surface area contributed by atoms with Crippen molar-refractivity contribution in [1.29, 1.82) is 0 Å². The standard InChI is InChI=1S/C32H31F7N4O2/c1-2-3-16-43-26(27(31(35,36)37)41-29(43)24-9-5-4-6-10-24)20-42(18-21-12-14-23(15-13-21)28(40)44)19-22-8-7-11-25(17-22)45-32(38,39)30(33)34/h4-15,17,30H,2-3,16,18-20H2,1H3,(H2,40,44). The van der Waals surface area contributed by atoms with Gasteiger partial charge in [-0.15, -0.1) is 0 Å². The molecule has 1 amide bonds. The molecule has 0 bridgehead atoms. The Morgan fingerprint density at radius 2 is 1.58 bits per heavy atom. The number of unbranched alkanes of at least 4 members (excludes halogenated alkanes) is 1. The molecule has 1 aromatic heterocycles. The fourth-order valence-electron chi connectivity index (χ4n) is 4.82. The summed E-state index contributed by atoms with van der Waals surface area (Å²) in [6.45, 7) is 1.89. The van der Waals surface area contributed by atoms with E-state index in [1.165, 1.54) is 24.3 Å². The van der Waals surface area contributed by atoms with Gasteiger partial charge in [-0.25, -0.2) is 4.98 Å². The summed E-state index contributed by atoms with van der Waals surface area (Å²) >= 11 is 0. The quantitative estimate of drug-likeness (QED) is 0.143. The molecule has 1 heterocycles. The molecule has 0 aliphatic heterocycles. The number of hydrogen-bond donors (Lipinski definition) is 1. The average Bonchev–Trinajstić information content (AvgIpc) is 3.35. The largest absolute Gasteiger partial charge is 0.461 e. The van der Waals surface area contributed by atoms with Gasteiger partial charge in [0.25, 0.3) is 0 Å². The van der Waals surface area contributed by atoms with Crippen molar-refractivity contribution in [1.82, 2.24) is 14.5 Å². The van der Waals surface area contributed by atoms with Gasteiger partial charge in [0.1, 0.15) is 11.6 Å². The number of nitrogens with two attached hydrogens (primary N) is 1. The predicted molar refractivity (Wildman–Crippen MR) is 154 cm³/mol. The lowest BCUT2D eigenvalue weighted by atomic mass is 10.1. The van der Waals surface area contributed by atoms with E-state index < -0.39 is 36.1 Å². The first-order valence-electron chi connectivity index (χ1n) is 14.1. The number of benzene rings is 3. The Bertz CT molecular complexity index is 1570. The van der Waals surface area contributed by atoms with E-state index in [0.717, 1.165) is 12.1 Å². The molecule has 240 valence electrons. The fraction of sp³-hybridized carbons (Fsp3) is 0.312. The Balaban J connectivity index is 1.77. The maximum atomic E-state index is 14.5. The number of nitrogens with zero attached hydrogens (tertiary/aromatic N) is 3. The zero-order chi connectivity index (χ0) is 32.8. The Morgan fingerprint density at radius 3 is 2.18 bits per heavy atom. The molecule has 2 N–H and O–H groups in total. The summed E-state index contributed by atoms with van der Waals surface area (Å²) in [6, 6.07) is 19.7. The van der Waals surface area contributed by atoms with E-state index >= 15 is 0 Å². The lowest BCUT2D eigenvalue weighted by Crippen LogP contribution is -2.33. The van der Waals surface area contributed by atoms with Crippen LogP contribution in [0.3, 0.4) is 0 Å². The van der Waals surface area contributed by atoms with Crippen molar-refractivity contribution in [2.75, 3.05) is 0 Å². The molecule has 3 aromatic carbocycles. The van der Waals surface area contributed by atoms with E-state index in [2.05, 4.69) is 9.72 Å². The summed E-state index contributed by atoms with van der Waals surface area (Å²) in [7, 11) is 0. The minimum absolute atomic E-state index is 0.0637. The van der Waals surface area contributed by atoms with Crippen LogP contribution >= 0.6 is 0 Å². The third-order valence-electron chi connectivity index (χ3n) is 6.94. The minimum Gasteiger partial charge on any atom is -0.428 e. The third-order valence-corrected chi connectivity index (χ3v) is 6.94. The highest BCUT2D eigenvalue weighted by Crippen LogP contribution is 2.36. The molecule has 0 fully saturated rings. The summed E-state index contributed by atoms with van der Waals surface area (Å²) in [5, 5.41) is 0. The van der Waals surface area contributed by atoms with Gasteiger partial charge in [-0.3, -0.25) is 9.69 Å². The van der Waals surface area contributed by atoms with Crippen LogP contribution in [0.4, 0.5) is 30.7 Å². The SMILES string of the molecule is CCCCn1c(-c2ccccc2)nc(C(F)(F)F)c1CN(Cc1ccc(C(N)=O)cc1)Cc1cccc(OC(F)(F)C(F)F)c1. The van der Waals surface area contributed by atoms with Gasteiger partial charge in [-0.1, -0.05) is 67.9 Å². The van der Waals surface area contributed by atoms with Crippen LogP contribution in [0.25, 0.3) is 11.4 Å². The van der Waals surface area contributed by atoms with Crippen LogP contribution in [0.2, 0.25) is 0 Å². The number of alkyl halides is 7. The Kier molecular flexibility index (Phi) is 10.5. The van der Waals surface area contributed by atoms with E-state index in [9.17, 15) is 35.5 Å². The van der Waals surface area contributed by atoms with E-state index in [4.69, 9.17) is 5.73 Å². The molecule has 4 aromatic rings. The topological polar surface area (TPSA) is 73.4 Å². The van der Waals surface area contributed by atoms with Crippen molar-refractivity contribution < 1.29 is 40.3 Å². The Hall–Kier alpha value is -4.39. The third kappa shape index (κ3) is 8.62. The molecule has 0 aliphatic rings. The maximum absolute atomic E-state index is 14.5. The zero-order valence-corrected chi connectivity index (χ0v) is 24.2. The molecule has 0 radical (unpaired) electrons. The van der Waals surface area contributed by atoms with Gasteiger partial charge in [0.15, 0.2) is 5.69 Å². The molecule has 4 rings (SSSR count). The first-order chi connectivity index (χ1) is 21.3. The highest BCUT2D eigenvalue weighted by molar-refractivity contribution is 5.92. The fourth-order valence-corrected chi connectivity index (χ4v) is 4.82. The second-order valence-corrected chi connectivity index (χ2v) is 10.4. The highest BCUT2D eigenvalue weighted by Gasteiger charge is 2.44. The number of carbonyl (C=O) groups is 1. The van der Waals surface area contributed by atoms with Crippen molar-refractivity contribution in [2.45, 2.75) is 64.7 Å². The summed E-state index contributed by atoms with van der Waals surface area (Å²) in [5.74, 6) is -1.03. The number of rotatable bonds is 14. The number of carbonyl (C=O) groups excluding carboxylic acids is 1. The maximum Gasteiger partial charge on any atom is 0.461 e. The molecule has 0 atom stereocenters. The van der Waals surface area contributed by atoms with Crippen LogP contribution in [-0.2, 0) is 32.4 Å². The Labute approximate surface area is 255 Å². The highest BCUT2D eigenvalue weighted by atomic mass is 19.4. The number of halogens is 7. The number of aromatic nitrogens is 2. The molecular weight excluding hydrogens is 605 g/mol. The number of amides is 1. The number of ether oxygens (including phenoxy) is 1. The smallest absolute Gasteiger partial charge is 0.428 e. The van der Waals surface area contributed by atoms with Crippen LogP contribution in [0, 0.1) is 0 Å². The summed E-state index contributed by atoms with van der Waals surface area (Å²) < 4.78 is 102. The van der Waals surface area contributed by atoms with Gasteiger partial charge < -0.3 is 15.0 Å². The van der Waals surface area contributed by atoms with Gasteiger partial charge >= 0.3 is 18.7 Å². The first-order valence-corrected chi connectivity index (χ1v) is 14.1. The monoisotopic (exact) mass is 636 g/mol. The lowest BCUT2D eigenvalue weighted by molar-refractivity contribution is -0.253. The van der Waals surface area contributed by atoms with Crippen molar-refractivity contribution in [3.05, 3.63) is 107 Å². The van der Waals surface area contributed by atoms with Gasteiger partial charge in [-0.05, 0) is 41.8 Å². The molecule has 13 heteroatoms. The number of primary amides is 1. The summed E-state index contributed by atoms with van der Waals surface area (Å²) in [4.78, 5) is 17.2. The molecule has 0 unspecified atom stereocenters. The van der Waals surface area contributed by atoms with Gasteiger partial charge in [-0.2, -0.15) is 30.7 Å². The number of hydrogen-bond acceptors (Lipinski definition) is 4. The molecule has 0 aliphatic carbocycles. The van der Waals surface area contributed by atoms with Gasteiger partial charge in [0.2, 0.25) is 5.91 Å². The zero-order valence-electron chi connectivity index (χ0n) is 24.2. The Morgan fingerprint density at radius 1 is 0.911 bits per heavy atom. The summed E-state index contributed by atoms with van der Waals surface area (Å²) in [5.41, 5.74) is 5.86. The van der Waals surface area contributed by atoms with Crippen molar-refractivity contribution in [2.24, 2.45) is 5.73 Å². The molecule has 0 saturated heterocycles. The van der Waals surface area contributed by atoms with Crippen molar-refractivity contribution in [3.8, 4) is 17.1 Å². The normalized spacial score (nSPS) is 12.2. The van der Waals surface area contributed by atoms with Crippen molar-refractivity contribution in [3.63, 3.8) is 0 Å². The lowest BCUT2D eigenvalue weighted by Gasteiger charge is -2.25. The molecule has 0 saturated carbocycles. The van der Waals surface area contributed by atoms with Crippen LogP contribution < -0.4 is 10.5 Å². The first kappa shape index (κ1) is 33.5. The molecular formula is C32H31F7N4O2.